The van der Waals surface area contributed by atoms with E-state index < -0.39 is 21.7 Å². The first-order valence-corrected chi connectivity index (χ1v) is 11.9. The van der Waals surface area contributed by atoms with Gasteiger partial charge in [0.25, 0.3) is 5.91 Å². The average molecular weight is 509 g/mol. The van der Waals surface area contributed by atoms with Gasteiger partial charge in [-0.05, 0) is 46.3 Å². The van der Waals surface area contributed by atoms with E-state index >= 15 is 0 Å². The normalized spacial score (nSPS) is 11.0. The Labute approximate surface area is 185 Å². The van der Waals surface area contributed by atoms with Crippen molar-refractivity contribution >= 4 is 54.0 Å². The molecule has 1 heterocycles. The third kappa shape index (κ3) is 5.21. The molecule has 154 valence electrons. The SMILES string of the molecule is CS(=O)(=O)NC(=O)c1nc(N(Cc2ccccc2F)c2ccc(C#N)cc2)sc1Br. The van der Waals surface area contributed by atoms with E-state index in [1.165, 1.54) is 6.07 Å². The van der Waals surface area contributed by atoms with Gasteiger partial charge in [0, 0.05) is 11.3 Å². The van der Waals surface area contributed by atoms with E-state index in [1.54, 1.807) is 47.4 Å². The van der Waals surface area contributed by atoms with Crippen molar-refractivity contribution in [2.45, 2.75) is 6.54 Å². The number of nitrogens with one attached hydrogen (secondary N) is 1. The number of carbonyl (C=O) groups is 1. The summed E-state index contributed by atoms with van der Waals surface area (Å²) >= 11 is 4.34. The second-order valence-corrected chi connectivity index (χ2v) is 10.2. The molecule has 1 aromatic heterocycles. The third-order valence-corrected chi connectivity index (χ3v) is 6.18. The van der Waals surface area contributed by atoms with E-state index in [0.29, 0.717) is 25.7 Å². The smallest absolute Gasteiger partial charge is 0.285 e. The van der Waals surface area contributed by atoms with E-state index in [2.05, 4.69) is 20.9 Å². The number of thiazole rings is 1. The van der Waals surface area contributed by atoms with Crippen molar-refractivity contribution in [3.63, 3.8) is 0 Å². The molecule has 7 nitrogen and oxygen atoms in total. The Morgan fingerprint density at radius 2 is 1.93 bits per heavy atom. The van der Waals surface area contributed by atoms with Crippen LogP contribution in [0, 0.1) is 17.1 Å². The van der Waals surface area contributed by atoms with Crippen molar-refractivity contribution < 1.29 is 17.6 Å². The number of aromatic nitrogens is 1. The van der Waals surface area contributed by atoms with E-state index in [9.17, 15) is 17.6 Å². The molecule has 1 amide bonds. The molecule has 0 spiro atoms. The second kappa shape index (κ2) is 8.91. The van der Waals surface area contributed by atoms with Crippen LogP contribution in [-0.4, -0.2) is 25.6 Å². The van der Waals surface area contributed by atoms with Gasteiger partial charge >= 0.3 is 0 Å². The van der Waals surface area contributed by atoms with Crippen molar-refractivity contribution in [1.82, 2.24) is 9.71 Å². The molecule has 0 fully saturated rings. The minimum Gasteiger partial charge on any atom is -0.313 e. The monoisotopic (exact) mass is 508 g/mol. The highest BCUT2D eigenvalue weighted by molar-refractivity contribution is 9.11. The quantitative estimate of drug-likeness (QED) is 0.540. The molecular weight excluding hydrogens is 495 g/mol. The predicted octanol–water partition coefficient (Wildman–Crippen LogP) is 3.94. The summed E-state index contributed by atoms with van der Waals surface area (Å²) in [5, 5.41) is 9.37. The Morgan fingerprint density at radius 1 is 1.27 bits per heavy atom. The number of amides is 1. The van der Waals surface area contributed by atoms with Crippen LogP contribution in [0.25, 0.3) is 0 Å². The molecule has 0 aliphatic rings. The molecule has 11 heteroatoms. The van der Waals surface area contributed by atoms with Gasteiger partial charge in [0.15, 0.2) is 10.8 Å². The number of hydrogen-bond donors (Lipinski definition) is 1. The Kier molecular flexibility index (Phi) is 6.50. The van der Waals surface area contributed by atoms with Gasteiger partial charge in [0.1, 0.15) is 9.60 Å². The molecule has 3 aromatic rings. The summed E-state index contributed by atoms with van der Waals surface area (Å²) in [5.41, 5.74) is 1.37. The molecule has 0 saturated heterocycles. The van der Waals surface area contributed by atoms with Gasteiger partial charge in [-0.15, -0.1) is 0 Å². The first-order valence-electron chi connectivity index (χ1n) is 8.37. The summed E-state index contributed by atoms with van der Waals surface area (Å²) in [4.78, 5) is 18.2. The number of anilines is 2. The molecule has 0 saturated carbocycles. The highest BCUT2D eigenvalue weighted by Crippen LogP contribution is 2.36. The molecule has 1 N–H and O–H groups in total. The molecule has 0 radical (unpaired) electrons. The van der Waals surface area contributed by atoms with Gasteiger partial charge in [0.2, 0.25) is 10.0 Å². The van der Waals surface area contributed by atoms with Crippen LogP contribution in [0.5, 0.6) is 0 Å². The van der Waals surface area contributed by atoms with Gasteiger partial charge < -0.3 is 4.90 Å². The second-order valence-electron chi connectivity index (χ2n) is 6.16. The number of carbonyl (C=O) groups excluding carboxylic acids is 1. The number of sulfonamides is 1. The van der Waals surface area contributed by atoms with Crippen molar-refractivity contribution in [2.75, 3.05) is 11.2 Å². The zero-order valence-corrected chi connectivity index (χ0v) is 18.7. The lowest BCUT2D eigenvalue weighted by molar-refractivity contribution is 0.0977. The van der Waals surface area contributed by atoms with Crippen molar-refractivity contribution in [3.8, 4) is 6.07 Å². The Balaban J connectivity index is 2.04. The minimum absolute atomic E-state index is 0.103. The molecule has 3 rings (SSSR count). The van der Waals surface area contributed by atoms with E-state index in [1.807, 2.05) is 10.8 Å². The van der Waals surface area contributed by atoms with Crippen LogP contribution in [0.4, 0.5) is 15.2 Å². The summed E-state index contributed by atoms with van der Waals surface area (Å²) in [6.45, 7) is 0.103. The van der Waals surface area contributed by atoms with Crippen molar-refractivity contribution in [3.05, 3.63) is 75.0 Å². The Hall–Kier alpha value is -2.81. The minimum atomic E-state index is -3.76. The van der Waals surface area contributed by atoms with Crippen LogP contribution < -0.4 is 9.62 Å². The maximum absolute atomic E-state index is 14.3. The van der Waals surface area contributed by atoms with Crippen LogP contribution in [0.1, 0.15) is 21.6 Å². The molecular formula is C19H14BrFN4O3S2. The number of benzene rings is 2. The number of rotatable bonds is 6. The lowest BCUT2D eigenvalue weighted by atomic mass is 10.1. The lowest BCUT2D eigenvalue weighted by Crippen LogP contribution is -2.30. The van der Waals surface area contributed by atoms with Gasteiger partial charge in [-0.3, -0.25) is 4.79 Å². The molecule has 30 heavy (non-hydrogen) atoms. The molecule has 0 unspecified atom stereocenters. The van der Waals surface area contributed by atoms with Crippen LogP contribution in [-0.2, 0) is 16.6 Å². The lowest BCUT2D eigenvalue weighted by Gasteiger charge is -2.22. The fourth-order valence-corrected chi connectivity index (χ4v) is 4.49. The fourth-order valence-electron chi connectivity index (χ4n) is 2.55. The summed E-state index contributed by atoms with van der Waals surface area (Å²) in [5.74, 6) is -1.28. The van der Waals surface area contributed by atoms with Crippen LogP contribution >= 0.6 is 27.3 Å². The molecule has 0 aliphatic carbocycles. The predicted molar refractivity (Wildman–Crippen MR) is 116 cm³/mol. The van der Waals surface area contributed by atoms with Gasteiger partial charge in [-0.25, -0.2) is 22.5 Å². The molecule has 0 aliphatic heterocycles. The number of nitriles is 1. The highest BCUT2D eigenvalue weighted by Gasteiger charge is 2.23. The number of nitrogens with zero attached hydrogens (tertiary/aromatic N) is 3. The fraction of sp³-hybridized carbons (Fsp3) is 0.105. The third-order valence-electron chi connectivity index (χ3n) is 3.89. The summed E-state index contributed by atoms with van der Waals surface area (Å²) in [6, 6.07) is 14.9. The topological polar surface area (TPSA) is 103 Å². The molecule has 0 bridgehead atoms. The van der Waals surface area contributed by atoms with E-state index in [0.717, 1.165) is 17.6 Å². The molecule has 0 atom stereocenters. The largest absolute Gasteiger partial charge is 0.313 e. The number of hydrogen-bond acceptors (Lipinski definition) is 7. The summed E-state index contributed by atoms with van der Waals surface area (Å²) < 4.78 is 39.2. The first kappa shape index (κ1) is 21.9. The maximum atomic E-state index is 14.3. The van der Waals surface area contributed by atoms with Crippen molar-refractivity contribution in [2.24, 2.45) is 0 Å². The number of halogens is 2. The first-order chi connectivity index (χ1) is 14.2. The average Bonchev–Trinajstić information content (AvgIpc) is 3.08. The van der Waals surface area contributed by atoms with Gasteiger partial charge in [-0.1, -0.05) is 29.5 Å². The highest BCUT2D eigenvalue weighted by atomic mass is 79.9. The Bertz CT molecular complexity index is 1240. The van der Waals surface area contributed by atoms with Gasteiger partial charge in [-0.2, -0.15) is 5.26 Å². The van der Waals surface area contributed by atoms with Crippen LogP contribution in [0.3, 0.4) is 0 Å². The maximum Gasteiger partial charge on any atom is 0.285 e. The van der Waals surface area contributed by atoms with E-state index in [4.69, 9.17) is 5.26 Å². The molecule has 2 aromatic carbocycles. The summed E-state index contributed by atoms with van der Waals surface area (Å²) in [6.07, 6.45) is 0.868. The zero-order chi connectivity index (χ0) is 21.9. The summed E-state index contributed by atoms with van der Waals surface area (Å²) in [7, 11) is -3.76. The Morgan fingerprint density at radius 3 is 2.53 bits per heavy atom. The zero-order valence-electron chi connectivity index (χ0n) is 15.5. The van der Waals surface area contributed by atoms with Gasteiger partial charge in [0.05, 0.1) is 24.4 Å². The van der Waals surface area contributed by atoms with Crippen LogP contribution in [0.15, 0.2) is 52.3 Å². The van der Waals surface area contributed by atoms with E-state index in [-0.39, 0.29) is 12.2 Å². The standard InChI is InChI=1S/C19H14BrFN4O3S2/c1-30(27,28)24-18(26)16-17(20)29-19(23-16)25(11-13-4-2-3-5-15(13)21)14-8-6-12(10-22)7-9-14/h2-9H,11H2,1H3,(H,24,26). The van der Waals surface area contributed by atoms with Crippen molar-refractivity contribution in [1.29, 1.82) is 5.26 Å². The van der Waals surface area contributed by atoms with Crippen LogP contribution in [0.2, 0.25) is 0 Å².